The topological polar surface area (TPSA) is 8.81 Å². The molecule has 0 bridgehead atoms. The average Bonchev–Trinajstić information content (AvgIpc) is 2.90. The van der Waals surface area contributed by atoms with Crippen LogP contribution in [0.15, 0.2) is 67.3 Å². The Bertz CT molecular complexity index is 631. The fourth-order valence-corrected chi connectivity index (χ4v) is 2.61. The summed E-state index contributed by atoms with van der Waals surface area (Å²) in [5.41, 5.74) is 2.34. The van der Waals surface area contributed by atoms with Gasteiger partial charge in [0.2, 0.25) is 0 Å². The molecule has 3 aromatic rings. The van der Waals surface area contributed by atoms with Gasteiger partial charge in [0, 0.05) is 7.14 Å². The van der Waals surface area contributed by atoms with Crippen molar-refractivity contribution in [2.45, 2.75) is 0 Å². The van der Waals surface area contributed by atoms with Gasteiger partial charge < -0.3 is 12.4 Å². The Morgan fingerprint density at radius 1 is 0.800 bits per heavy atom. The minimum Gasteiger partial charge on any atom is -1.00 e. The summed E-state index contributed by atoms with van der Waals surface area (Å²) in [6.07, 6.45) is 6.23. The summed E-state index contributed by atoms with van der Waals surface area (Å²) in [6, 6.07) is 17.0. The van der Waals surface area contributed by atoms with Crippen LogP contribution < -0.4 is 17.0 Å². The lowest BCUT2D eigenvalue weighted by molar-refractivity contribution is -0.594. The van der Waals surface area contributed by atoms with Crippen LogP contribution in [0.25, 0.3) is 11.4 Å². The molecule has 0 aliphatic heterocycles. The fourth-order valence-electron chi connectivity index (χ4n) is 1.89. The molecule has 0 fully saturated rings. The van der Waals surface area contributed by atoms with Crippen molar-refractivity contribution >= 4 is 45.2 Å². The van der Waals surface area contributed by atoms with E-state index in [9.17, 15) is 0 Å². The molecule has 1 heterocycles. The van der Waals surface area contributed by atoms with Gasteiger partial charge in [-0.15, -0.1) is 0 Å². The van der Waals surface area contributed by atoms with Crippen molar-refractivity contribution in [3.05, 3.63) is 74.4 Å². The quantitative estimate of drug-likeness (QED) is 0.361. The number of aromatic nitrogens is 2. The maximum absolute atomic E-state index is 2.32. The first-order chi connectivity index (χ1) is 9.22. The van der Waals surface area contributed by atoms with Crippen LogP contribution in [0.4, 0.5) is 0 Å². The van der Waals surface area contributed by atoms with Gasteiger partial charge in [-0.3, -0.25) is 0 Å². The summed E-state index contributed by atoms with van der Waals surface area (Å²) < 4.78 is 6.74. The molecule has 1 aromatic heterocycles. The first-order valence-electron chi connectivity index (χ1n) is 5.83. The van der Waals surface area contributed by atoms with Gasteiger partial charge >= 0.3 is 0 Å². The average molecular weight is 509 g/mol. The molecule has 0 radical (unpaired) electrons. The van der Waals surface area contributed by atoms with Crippen molar-refractivity contribution in [1.29, 1.82) is 0 Å². The van der Waals surface area contributed by atoms with Gasteiger partial charge in [-0.1, -0.05) is 0 Å². The summed E-state index contributed by atoms with van der Waals surface area (Å²) >= 11 is 4.64. The van der Waals surface area contributed by atoms with Crippen LogP contribution in [0.2, 0.25) is 0 Å². The second-order valence-corrected chi connectivity index (χ2v) is 6.67. The third kappa shape index (κ3) is 3.53. The highest BCUT2D eigenvalue weighted by Crippen LogP contribution is 2.11. The van der Waals surface area contributed by atoms with Crippen molar-refractivity contribution in [3.63, 3.8) is 0 Å². The molecule has 102 valence electrons. The Balaban J connectivity index is 0.00000147. The molecule has 0 atom stereocenters. The molecule has 0 saturated heterocycles. The second kappa shape index (κ2) is 6.91. The summed E-state index contributed by atoms with van der Waals surface area (Å²) in [4.78, 5) is 0. The number of hydrogen-bond acceptors (Lipinski definition) is 0. The molecule has 3 rings (SSSR count). The first kappa shape index (κ1) is 15.8. The monoisotopic (exact) mass is 508 g/mol. The van der Waals surface area contributed by atoms with E-state index in [-0.39, 0.29) is 12.4 Å². The minimum atomic E-state index is 0. The SMILES string of the molecule is Ic1ccc(-n2cc[n+](-c3ccc(I)cc3)c2)cc1.[Cl-]. The van der Waals surface area contributed by atoms with Crippen LogP contribution in [-0.4, -0.2) is 4.57 Å². The lowest BCUT2D eigenvalue weighted by Gasteiger charge is -1.97. The Kier molecular flexibility index (Phi) is 5.45. The van der Waals surface area contributed by atoms with Crippen molar-refractivity contribution in [3.8, 4) is 11.4 Å². The van der Waals surface area contributed by atoms with Crippen LogP contribution in [0.3, 0.4) is 0 Å². The van der Waals surface area contributed by atoms with Gasteiger partial charge in [0.25, 0.3) is 6.33 Å². The Hall–Kier alpha value is -0.600. The van der Waals surface area contributed by atoms with E-state index >= 15 is 0 Å². The molecule has 20 heavy (non-hydrogen) atoms. The third-order valence-corrected chi connectivity index (χ3v) is 4.32. The van der Waals surface area contributed by atoms with Gasteiger partial charge in [-0.05, 0) is 93.7 Å². The van der Waals surface area contributed by atoms with Crippen LogP contribution in [0.5, 0.6) is 0 Å². The summed E-state index contributed by atoms with van der Waals surface area (Å²) in [7, 11) is 0. The van der Waals surface area contributed by atoms with E-state index in [1.807, 2.05) is 0 Å². The molecular formula is C15H11ClI2N2. The molecule has 0 unspecified atom stereocenters. The lowest BCUT2D eigenvalue weighted by atomic mass is 10.3. The first-order valence-corrected chi connectivity index (χ1v) is 7.99. The van der Waals surface area contributed by atoms with E-state index in [2.05, 4.69) is 122 Å². The molecule has 0 saturated carbocycles. The van der Waals surface area contributed by atoms with Gasteiger partial charge in [-0.2, -0.15) is 0 Å². The van der Waals surface area contributed by atoms with Crippen LogP contribution in [0.1, 0.15) is 0 Å². The largest absolute Gasteiger partial charge is 1.00 e. The lowest BCUT2D eigenvalue weighted by Crippen LogP contribution is -3.00. The van der Waals surface area contributed by atoms with Crippen LogP contribution >= 0.6 is 45.2 Å². The Morgan fingerprint density at radius 2 is 1.35 bits per heavy atom. The van der Waals surface area contributed by atoms with Crippen molar-refractivity contribution in [2.24, 2.45) is 0 Å². The molecule has 0 spiro atoms. The standard InChI is InChI=1S/C15H11I2N2.ClH/c16-12-1-5-14(6-2-12)18-9-10-19(11-18)15-7-3-13(17)4-8-15;/h1-11H;1H/q+1;/p-1. The van der Waals surface area contributed by atoms with E-state index in [4.69, 9.17) is 0 Å². The van der Waals surface area contributed by atoms with Gasteiger partial charge in [0.05, 0.1) is 0 Å². The number of hydrogen-bond donors (Lipinski definition) is 0. The highest BCUT2D eigenvalue weighted by molar-refractivity contribution is 14.1. The molecule has 0 aliphatic carbocycles. The number of imidazole rings is 1. The molecule has 0 amide bonds. The van der Waals surface area contributed by atoms with Gasteiger partial charge in [-0.25, -0.2) is 9.13 Å². The molecule has 2 nitrogen and oxygen atoms in total. The predicted octanol–water partition coefficient (Wildman–Crippen LogP) is 0.967. The zero-order valence-electron chi connectivity index (χ0n) is 10.4. The molecule has 5 heteroatoms. The van der Waals surface area contributed by atoms with Crippen molar-refractivity contribution in [1.82, 2.24) is 4.57 Å². The number of benzene rings is 2. The van der Waals surface area contributed by atoms with Gasteiger partial charge in [0.15, 0.2) is 0 Å². The van der Waals surface area contributed by atoms with Gasteiger partial charge in [0.1, 0.15) is 23.8 Å². The minimum absolute atomic E-state index is 0. The predicted molar refractivity (Wildman–Crippen MR) is 92.7 cm³/mol. The van der Waals surface area contributed by atoms with Crippen LogP contribution in [-0.2, 0) is 0 Å². The maximum atomic E-state index is 2.32. The zero-order chi connectivity index (χ0) is 13.2. The molecule has 2 aromatic carbocycles. The summed E-state index contributed by atoms with van der Waals surface area (Å²) in [5.74, 6) is 0. The fraction of sp³-hybridized carbons (Fsp3) is 0. The van der Waals surface area contributed by atoms with Crippen molar-refractivity contribution in [2.75, 3.05) is 0 Å². The van der Waals surface area contributed by atoms with E-state index in [0.717, 1.165) is 0 Å². The van der Waals surface area contributed by atoms with E-state index in [0.29, 0.717) is 0 Å². The Morgan fingerprint density at radius 3 is 1.95 bits per heavy atom. The highest BCUT2D eigenvalue weighted by atomic mass is 127. The highest BCUT2D eigenvalue weighted by Gasteiger charge is 2.08. The van der Waals surface area contributed by atoms with Crippen LogP contribution in [0, 0.1) is 7.14 Å². The van der Waals surface area contributed by atoms with E-state index < -0.39 is 0 Å². The number of rotatable bonds is 2. The normalized spacial score (nSPS) is 10.1. The van der Waals surface area contributed by atoms with E-state index in [1.54, 1.807) is 0 Å². The zero-order valence-corrected chi connectivity index (χ0v) is 15.5. The Labute approximate surface area is 151 Å². The second-order valence-electron chi connectivity index (χ2n) is 4.18. The number of halogens is 3. The summed E-state index contributed by atoms with van der Waals surface area (Å²) in [6.45, 7) is 0. The molecule has 0 aliphatic rings. The summed E-state index contributed by atoms with van der Waals surface area (Å²) in [5, 5.41) is 0. The molecule has 0 N–H and O–H groups in total. The molecular weight excluding hydrogens is 497 g/mol. The van der Waals surface area contributed by atoms with E-state index in [1.165, 1.54) is 18.5 Å². The van der Waals surface area contributed by atoms with Crippen molar-refractivity contribution < 1.29 is 17.0 Å². The smallest absolute Gasteiger partial charge is 0.254 e. The third-order valence-electron chi connectivity index (χ3n) is 2.89. The maximum Gasteiger partial charge on any atom is 0.254 e. The number of nitrogens with zero attached hydrogens (tertiary/aromatic N) is 2.